The number of H-pyrrole nitrogens is 1. The Bertz CT molecular complexity index is 961. The van der Waals surface area contributed by atoms with Crippen LogP contribution in [0.1, 0.15) is 26.2 Å². The lowest BCUT2D eigenvalue weighted by atomic mass is 9.99. The van der Waals surface area contributed by atoms with E-state index in [4.69, 9.17) is 0 Å². The fraction of sp³-hybridized carbons (Fsp3) is 0.412. The third kappa shape index (κ3) is 2.84. The van der Waals surface area contributed by atoms with Crippen molar-refractivity contribution in [2.45, 2.75) is 38.3 Å². The predicted molar refractivity (Wildman–Crippen MR) is 90.4 cm³/mol. The van der Waals surface area contributed by atoms with E-state index >= 15 is 0 Å². The Morgan fingerprint density at radius 2 is 1.92 bits per heavy atom. The number of aromatic amines is 1. The van der Waals surface area contributed by atoms with Crippen LogP contribution in [-0.4, -0.2) is 43.7 Å². The number of aryl methyl sites for hydroxylation is 1. The standard InChI is InChI=1S/C17H19N3O5/c1-17(16(24)25)8-4-9-19(17)13(21)7-10-20-15(23)12-6-3-2-5-11(12)14(22)18-20/h2-3,5-6H,4,7-10H2,1H3,(H,18,22)(H,24,25). The maximum Gasteiger partial charge on any atom is 0.329 e. The van der Waals surface area contributed by atoms with E-state index in [1.165, 1.54) is 11.8 Å². The van der Waals surface area contributed by atoms with Gasteiger partial charge in [0.15, 0.2) is 0 Å². The molecule has 2 aromatic rings. The van der Waals surface area contributed by atoms with E-state index in [1.807, 2.05) is 0 Å². The number of carbonyl (C=O) groups is 2. The summed E-state index contributed by atoms with van der Waals surface area (Å²) in [5.41, 5.74) is -2.00. The molecule has 0 spiro atoms. The largest absolute Gasteiger partial charge is 0.480 e. The van der Waals surface area contributed by atoms with Gasteiger partial charge in [0.05, 0.1) is 17.3 Å². The van der Waals surface area contributed by atoms with Crippen LogP contribution >= 0.6 is 0 Å². The summed E-state index contributed by atoms with van der Waals surface area (Å²) in [7, 11) is 0. The molecule has 1 fully saturated rings. The Morgan fingerprint density at radius 1 is 1.24 bits per heavy atom. The lowest BCUT2D eigenvalue weighted by molar-refractivity contribution is -0.155. The first-order valence-corrected chi connectivity index (χ1v) is 8.10. The number of benzene rings is 1. The molecule has 1 amide bonds. The van der Waals surface area contributed by atoms with Crippen molar-refractivity contribution in [1.29, 1.82) is 0 Å². The number of carbonyl (C=O) groups excluding carboxylic acids is 1. The molecular weight excluding hydrogens is 326 g/mol. The highest BCUT2D eigenvalue weighted by atomic mass is 16.4. The third-order valence-electron chi connectivity index (χ3n) is 4.84. The van der Waals surface area contributed by atoms with Crippen molar-refractivity contribution in [2.75, 3.05) is 6.54 Å². The lowest BCUT2D eigenvalue weighted by Crippen LogP contribution is -2.51. The summed E-state index contributed by atoms with van der Waals surface area (Å²) in [6.07, 6.45) is 0.971. The molecule has 0 aliphatic carbocycles. The molecule has 0 radical (unpaired) electrons. The fourth-order valence-corrected chi connectivity index (χ4v) is 3.33. The summed E-state index contributed by atoms with van der Waals surface area (Å²) >= 11 is 0. The van der Waals surface area contributed by atoms with E-state index < -0.39 is 17.1 Å². The Morgan fingerprint density at radius 3 is 2.60 bits per heavy atom. The second kappa shape index (κ2) is 6.19. The summed E-state index contributed by atoms with van der Waals surface area (Å²) < 4.78 is 1.11. The molecule has 0 saturated carbocycles. The molecule has 1 saturated heterocycles. The van der Waals surface area contributed by atoms with Gasteiger partial charge < -0.3 is 10.0 Å². The van der Waals surface area contributed by atoms with Crippen LogP contribution in [0.5, 0.6) is 0 Å². The molecule has 1 atom stereocenters. The number of hydrogen-bond acceptors (Lipinski definition) is 4. The first-order valence-electron chi connectivity index (χ1n) is 8.10. The van der Waals surface area contributed by atoms with Crippen molar-refractivity contribution in [3.05, 3.63) is 45.0 Å². The minimum Gasteiger partial charge on any atom is -0.480 e. The molecule has 132 valence electrons. The molecule has 8 heteroatoms. The molecule has 2 heterocycles. The van der Waals surface area contributed by atoms with Crippen molar-refractivity contribution >= 4 is 22.6 Å². The van der Waals surface area contributed by atoms with Crippen LogP contribution in [0.2, 0.25) is 0 Å². The molecule has 0 bridgehead atoms. The molecular formula is C17H19N3O5. The van der Waals surface area contributed by atoms with Crippen LogP contribution in [-0.2, 0) is 16.1 Å². The van der Waals surface area contributed by atoms with Crippen molar-refractivity contribution in [2.24, 2.45) is 0 Å². The van der Waals surface area contributed by atoms with E-state index in [2.05, 4.69) is 5.10 Å². The van der Waals surface area contributed by atoms with E-state index in [0.717, 1.165) is 4.68 Å². The van der Waals surface area contributed by atoms with Gasteiger partial charge in [-0.15, -0.1) is 0 Å². The Kier molecular flexibility index (Phi) is 4.20. The summed E-state index contributed by atoms with van der Waals surface area (Å²) in [6, 6.07) is 6.47. The Hall–Kier alpha value is -2.90. The second-order valence-corrected chi connectivity index (χ2v) is 6.42. The van der Waals surface area contributed by atoms with Crippen LogP contribution < -0.4 is 11.1 Å². The summed E-state index contributed by atoms with van der Waals surface area (Å²) in [6.45, 7) is 1.90. The van der Waals surface area contributed by atoms with Crippen LogP contribution in [0, 0.1) is 0 Å². The molecule has 1 aromatic heterocycles. The zero-order chi connectivity index (χ0) is 18.2. The second-order valence-electron chi connectivity index (χ2n) is 6.42. The normalized spacial score (nSPS) is 20.1. The minimum absolute atomic E-state index is 0.00998. The molecule has 3 rings (SSSR count). The van der Waals surface area contributed by atoms with Gasteiger partial charge in [-0.1, -0.05) is 12.1 Å². The van der Waals surface area contributed by atoms with Crippen molar-refractivity contribution in [3.8, 4) is 0 Å². The predicted octanol–water partition coefficient (Wildman–Crippen LogP) is 0.546. The monoisotopic (exact) mass is 345 g/mol. The van der Waals surface area contributed by atoms with Crippen molar-refractivity contribution in [1.82, 2.24) is 14.7 Å². The maximum atomic E-state index is 12.5. The van der Waals surface area contributed by atoms with Crippen molar-refractivity contribution in [3.63, 3.8) is 0 Å². The van der Waals surface area contributed by atoms with E-state index in [9.17, 15) is 24.3 Å². The average molecular weight is 345 g/mol. The average Bonchev–Trinajstić information content (AvgIpc) is 3.00. The maximum absolute atomic E-state index is 12.5. The lowest BCUT2D eigenvalue weighted by Gasteiger charge is -2.31. The molecule has 1 unspecified atom stereocenters. The molecule has 8 nitrogen and oxygen atoms in total. The van der Waals surface area contributed by atoms with Crippen LogP contribution in [0.15, 0.2) is 33.9 Å². The zero-order valence-corrected chi connectivity index (χ0v) is 13.8. The van der Waals surface area contributed by atoms with Gasteiger partial charge in [-0.05, 0) is 31.9 Å². The number of nitrogens with zero attached hydrogens (tertiary/aromatic N) is 2. The number of aromatic nitrogens is 2. The van der Waals surface area contributed by atoms with E-state index in [-0.39, 0.29) is 29.8 Å². The highest BCUT2D eigenvalue weighted by Gasteiger charge is 2.45. The fourth-order valence-electron chi connectivity index (χ4n) is 3.33. The zero-order valence-electron chi connectivity index (χ0n) is 13.8. The number of nitrogens with one attached hydrogen (secondary N) is 1. The van der Waals surface area contributed by atoms with E-state index in [0.29, 0.717) is 24.8 Å². The van der Waals surface area contributed by atoms with E-state index in [1.54, 1.807) is 24.3 Å². The molecule has 1 aliphatic rings. The van der Waals surface area contributed by atoms with Gasteiger partial charge in [0.2, 0.25) is 5.91 Å². The molecule has 1 aromatic carbocycles. The highest BCUT2D eigenvalue weighted by Crippen LogP contribution is 2.29. The first kappa shape index (κ1) is 16.9. The topological polar surface area (TPSA) is 112 Å². The quantitative estimate of drug-likeness (QED) is 0.840. The Labute approximate surface area is 142 Å². The van der Waals surface area contributed by atoms with Crippen molar-refractivity contribution < 1.29 is 14.7 Å². The minimum atomic E-state index is -1.21. The number of aliphatic carboxylic acids is 1. The summed E-state index contributed by atoms with van der Waals surface area (Å²) in [5.74, 6) is -1.38. The van der Waals surface area contributed by atoms with Gasteiger partial charge in [-0.3, -0.25) is 19.5 Å². The highest BCUT2D eigenvalue weighted by molar-refractivity contribution is 5.87. The van der Waals surface area contributed by atoms with Crippen LogP contribution in [0.4, 0.5) is 0 Å². The smallest absolute Gasteiger partial charge is 0.329 e. The van der Waals surface area contributed by atoms with Gasteiger partial charge in [-0.2, -0.15) is 0 Å². The number of carboxylic acid groups (broad SMARTS) is 1. The third-order valence-corrected chi connectivity index (χ3v) is 4.84. The number of fused-ring (bicyclic) bond motifs is 1. The summed E-state index contributed by atoms with van der Waals surface area (Å²) in [4.78, 5) is 49.7. The molecule has 2 N–H and O–H groups in total. The summed E-state index contributed by atoms with van der Waals surface area (Å²) in [5, 5.41) is 12.4. The molecule has 1 aliphatic heterocycles. The SMILES string of the molecule is CC1(C(=O)O)CCCN1C(=O)CCn1[nH]c(=O)c2ccccc2c1=O. The number of hydrogen-bond donors (Lipinski definition) is 2. The van der Waals surface area contributed by atoms with Crippen LogP contribution in [0.25, 0.3) is 10.8 Å². The Balaban J connectivity index is 1.83. The number of likely N-dealkylation sites (tertiary alicyclic amines) is 1. The molecule has 25 heavy (non-hydrogen) atoms. The number of carboxylic acids is 1. The van der Waals surface area contributed by atoms with Gasteiger partial charge in [0.1, 0.15) is 5.54 Å². The van der Waals surface area contributed by atoms with Crippen LogP contribution in [0.3, 0.4) is 0 Å². The van der Waals surface area contributed by atoms with Gasteiger partial charge >= 0.3 is 5.97 Å². The number of amides is 1. The van der Waals surface area contributed by atoms with Gasteiger partial charge in [0.25, 0.3) is 11.1 Å². The first-order chi connectivity index (χ1) is 11.8. The van der Waals surface area contributed by atoms with Gasteiger partial charge in [0, 0.05) is 13.0 Å². The number of rotatable bonds is 4. The van der Waals surface area contributed by atoms with Gasteiger partial charge in [-0.25, -0.2) is 9.48 Å².